The molecule has 0 fully saturated rings. The van der Waals surface area contributed by atoms with Crippen molar-refractivity contribution in [2.24, 2.45) is 0 Å². The van der Waals surface area contributed by atoms with Gasteiger partial charge in [-0.2, -0.15) is 0 Å². The van der Waals surface area contributed by atoms with Crippen LogP contribution in [0.1, 0.15) is 54.4 Å². The highest BCUT2D eigenvalue weighted by Crippen LogP contribution is 2.25. The largest absolute Gasteiger partial charge is 0.460 e. The van der Waals surface area contributed by atoms with Crippen LogP contribution in [-0.4, -0.2) is 29.2 Å². The van der Waals surface area contributed by atoms with E-state index >= 15 is 0 Å². The minimum Gasteiger partial charge on any atom is -0.460 e. The molecule has 0 aliphatic rings. The highest BCUT2D eigenvalue weighted by atomic mass is 79.9. The molecule has 0 unspecified atom stereocenters. The summed E-state index contributed by atoms with van der Waals surface area (Å²) in [5.74, 6) is -0.806. The van der Waals surface area contributed by atoms with Crippen LogP contribution < -0.4 is 11.1 Å². The topological polar surface area (TPSA) is 90.6 Å². The molecule has 0 saturated heterocycles. The number of carbonyl (C=O) groups excluding carboxylic acids is 2. The van der Waals surface area contributed by atoms with Crippen molar-refractivity contribution in [3.05, 3.63) is 22.7 Å². The first-order valence-corrected chi connectivity index (χ1v) is 9.32. The van der Waals surface area contributed by atoms with Crippen LogP contribution in [0.2, 0.25) is 0 Å². The Labute approximate surface area is 163 Å². The van der Waals surface area contributed by atoms with E-state index in [1.165, 1.54) is 0 Å². The minimum atomic E-state index is -0.717. The zero-order chi connectivity index (χ0) is 20.1. The second kappa shape index (κ2) is 8.75. The molecule has 7 heteroatoms. The van der Waals surface area contributed by atoms with Crippen LogP contribution in [0.25, 0.3) is 0 Å². The Kier molecular flexibility index (Phi) is 7.50. The van der Waals surface area contributed by atoms with Crippen LogP contribution in [0, 0.1) is 0 Å². The van der Waals surface area contributed by atoms with Crippen LogP contribution in [0.4, 0.5) is 11.4 Å². The molecule has 1 atom stereocenters. The third kappa shape index (κ3) is 8.56. The van der Waals surface area contributed by atoms with Crippen LogP contribution in [0.5, 0.6) is 0 Å². The summed E-state index contributed by atoms with van der Waals surface area (Å²) in [6.07, 6.45) is 0.323. The van der Waals surface area contributed by atoms with Gasteiger partial charge in [-0.1, -0.05) is 15.9 Å². The second-order valence-corrected chi connectivity index (χ2v) is 9.00. The number of rotatable bonds is 6. The van der Waals surface area contributed by atoms with Crippen molar-refractivity contribution >= 4 is 39.2 Å². The van der Waals surface area contributed by atoms with Crippen molar-refractivity contribution in [2.75, 3.05) is 11.1 Å². The lowest BCUT2D eigenvalue weighted by Crippen LogP contribution is -2.37. The van der Waals surface area contributed by atoms with Gasteiger partial charge in [0.05, 0.1) is 11.4 Å². The Morgan fingerprint density at radius 3 is 2.19 bits per heavy atom. The SMILES string of the molecule is CC(C)(C)OC(=O)CC[C@H](Nc1ccc(Br)cc1N)C(=O)OC(C)(C)C. The van der Waals surface area contributed by atoms with E-state index in [2.05, 4.69) is 21.2 Å². The van der Waals surface area contributed by atoms with E-state index in [-0.39, 0.29) is 18.8 Å². The lowest BCUT2D eigenvalue weighted by Gasteiger charge is -2.26. The highest BCUT2D eigenvalue weighted by Gasteiger charge is 2.27. The molecule has 0 heterocycles. The Morgan fingerprint density at radius 2 is 1.69 bits per heavy atom. The van der Waals surface area contributed by atoms with Crippen molar-refractivity contribution < 1.29 is 19.1 Å². The average Bonchev–Trinajstić information content (AvgIpc) is 2.41. The molecule has 1 aromatic rings. The van der Waals surface area contributed by atoms with Gasteiger partial charge in [-0.05, 0) is 66.2 Å². The molecule has 0 aliphatic heterocycles. The molecular formula is C19H29BrN2O4. The second-order valence-electron chi connectivity index (χ2n) is 8.09. The maximum atomic E-state index is 12.6. The molecular weight excluding hydrogens is 400 g/mol. The number of nitrogens with one attached hydrogen (secondary N) is 1. The summed E-state index contributed by atoms with van der Waals surface area (Å²) in [6, 6.07) is 4.61. The van der Waals surface area contributed by atoms with Crippen molar-refractivity contribution in [3.8, 4) is 0 Å². The number of anilines is 2. The van der Waals surface area contributed by atoms with Crippen molar-refractivity contribution in [2.45, 2.75) is 71.6 Å². The predicted molar refractivity (Wildman–Crippen MR) is 107 cm³/mol. The zero-order valence-electron chi connectivity index (χ0n) is 16.3. The quantitative estimate of drug-likeness (QED) is 0.518. The van der Waals surface area contributed by atoms with Gasteiger partial charge in [-0.25, -0.2) is 4.79 Å². The van der Waals surface area contributed by atoms with E-state index in [9.17, 15) is 9.59 Å². The average molecular weight is 429 g/mol. The summed E-state index contributed by atoms with van der Waals surface area (Å²) < 4.78 is 11.6. The van der Waals surface area contributed by atoms with Gasteiger partial charge in [-0.3, -0.25) is 4.79 Å². The number of esters is 2. The summed E-state index contributed by atoms with van der Waals surface area (Å²) in [5.41, 5.74) is 5.90. The molecule has 1 aromatic carbocycles. The lowest BCUT2D eigenvalue weighted by molar-refractivity contribution is -0.157. The molecule has 26 heavy (non-hydrogen) atoms. The standard InChI is InChI=1S/C19H29BrN2O4/c1-18(2,3)25-16(23)10-9-15(17(24)26-19(4,5)6)22-14-8-7-12(20)11-13(14)21/h7-8,11,15,22H,9-10,21H2,1-6H3/t15-/m0/s1. The van der Waals surface area contributed by atoms with Gasteiger partial charge in [0.15, 0.2) is 0 Å². The summed E-state index contributed by atoms with van der Waals surface area (Å²) in [4.78, 5) is 24.6. The summed E-state index contributed by atoms with van der Waals surface area (Å²) in [5, 5.41) is 3.09. The first kappa shape index (κ1) is 22.3. The van der Waals surface area contributed by atoms with Crippen LogP contribution in [0.15, 0.2) is 22.7 Å². The van der Waals surface area contributed by atoms with Gasteiger partial charge in [0.1, 0.15) is 17.2 Å². The number of hydrogen-bond acceptors (Lipinski definition) is 6. The normalized spacial score (nSPS) is 13.0. The van der Waals surface area contributed by atoms with E-state index in [0.717, 1.165) is 4.47 Å². The van der Waals surface area contributed by atoms with Gasteiger partial charge < -0.3 is 20.5 Å². The molecule has 1 rings (SSSR count). The molecule has 0 aliphatic carbocycles. The molecule has 0 spiro atoms. The number of nitrogen functional groups attached to an aromatic ring is 1. The number of hydrogen-bond donors (Lipinski definition) is 2. The predicted octanol–water partition coefficient (Wildman–Crippen LogP) is 4.28. The van der Waals surface area contributed by atoms with Crippen molar-refractivity contribution in [1.29, 1.82) is 0 Å². The summed E-state index contributed by atoms with van der Waals surface area (Å²) in [6.45, 7) is 10.8. The van der Waals surface area contributed by atoms with Gasteiger partial charge in [0, 0.05) is 10.9 Å². The van der Waals surface area contributed by atoms with E-state index in [0.29, 0.717) is 11.4 Å². The zero-order valence-corrected chi connectivity index (χ0v) is 17.9. The molecule has 6 nitrogen and oxygen atoms in total. The molecule has 0 aromatic heterocycles. The number of carbonyl (C=O) groups is 2. The smallest absolute Gasteiger partial charge is 0.329 e. The fourth-order valence-electron chi connectivity index (χ4n) is 2.13. The monoisotopic (exact) mass is 428 g/mol. The molecule has 3 N–H and O–H groups in total. The van der Waals surface area contributed by atoms with Crippen LogP contribution >= 0.6 is 15.9 Å². The van der Waals surface area contributed by atoms with E-state index < -0.39 is 23.2 Å². The lowest BCUT2D eigenvalue weighted by atomic mass is 10.1. The Balaban J connectivity index is 2.88. The maximum absolute atomic E-state index is 12.6. The third-order valence-electron chi connectivity index (χ3n) is 3.09. The fraction of sp³-hybridized carbons (Fsp3) is 0.579. The number of ether oxygens (including phenoxy) is 2. The van der Waals surface area contributed by atoms with Crippen LogP contribution in [0.3, 0.4) is 0 Å². The highest BCUT2D eigenvalue weighted by molar-refractivity contribution is 9.10. The minimum absolute atomic E-state index is 0.0879. The van der Waals surface area contributed by atoms with Gasteiger partial charge in [0.2, 0.25) is 0 Å². The van der Waals surface area contributed by atoms with E-state index in [1.807, 2.05) is 6.07 Å². The fourth-order valence-corrected chi connectivity index (χ4v) is 2.51. The number of nitrogens with two attached hydrogens (primary N) is 1. The van der Waals surface area contributed by atoms with Gasteiger partial charge in [-0.15, -0.1) is 0 Å². The van der Waals surface area contributed by atoms with Crippen molar-refractivity contribution in [1.82, 2.24) is 0 Å². The van der Waals surface area contributed by atoms with Crippen molar-refractivity contribution in [3.63, 3.8) is 0 Å². The number of halogens is 1. The molecule has 146 valence electrons. The van der Waals surface area contributed by atoms with Gasteiger partial charge in [0.25, 0.3) is 0 Å². The maximum Gasteiger partial charge on any atom is 0.329 e. The Morgan fingerprint density at radius 1 is 1.12 bits per heavy atom. The summed E-state index contributed by atoms with van der Waals surface area (Å²) >= 11 is 3.35. The van der Waals surface area contributed by atoms with E-state index in [1.54, 1.807) is 53.7 Å². The Hall–Kier alpha value is -1.76. The van der Waals surface area contributed by atoms with Crippen LogP contribution in [-0.2, 0) is 19.1 Å². The first-order valence-electron chi connectivity index (χ1n) is 8.53. The molecule has 0 amide bonds. The number of benzene rings is 1. The molecule has 0 radical (unpaired) electrons. The Bertz CT molecular complexity index is 648. The third-order valence-corrected chi connectivity index (χ3v) is 3.59. The van der Waals surface area contributed by atoms with E-state index in [4.69, 9.17) is 15.2 Å². The summed E-state index contributed by atoms with van der Waals surface area (Å²) in [7, 11) is 0. The molecule has 0 bridgehead atoms. The van der Waals surface area contributed by atoms with Gasteiger partial charge >= 0.3 is 11.9 Å². The molecule has 0 saturated carbocycles. The first-order chi connectivity index (χ1) is 11.8.